The van der Waals surface area contributed by atoms with Gasteiger partial charge in [-0.1, -0.05) is 26.0 Å². The lowest BCUT2D eigenvalue weighted by Crippen LogP contribution is -2.58. The molecule has 0 saturated heterocycles. The maximum absolute atomic E-state index is 12.8. The largest absolute Gasteiger partial charge is 0.508 e. The van der Waals surface area contributed by atoms with Crippen LogP contribution in [0.1, 0.15) is 32.3 Å². The first-order valence-electron chi connectivity index (χ1n) is 10.8. The smallest absolute Gasteiger partial charge is 0.326 e. The van der Waals surface area contributed by atoms with Gasteiger partial charge in [0.1, 0.15) is 23.9 Å². The molecular weight excluding hydrogens is 464 g/mol. The minimum absolute atomic E-state index is 0.0491. The molecule has 0 radical (unpaired) electrons. The zero-order valence-corrected chi connectivity index (χ0v) is 19.4. The van der Waals surface area contributed by atoms with Crippen LogP contribution in [0.15, 0.2) is 24.3 Å². The number of amides is 3. The molecule has 13 nitrogen and oxygen atoms in total. The quantitative estimate of drug-likeness (QED) is 0.146. The van der Waals surface area contributed by atoms with E-state index in [4.69, 9.17) is 10.8 Å². The second-order valence-electron chi connectivity index (χ2n) is 8.41. The average molecular weight is 497 g/mol. The number of nitrogens with two attached hydrogens (primary N) is 1. The third kappa shape index (κ3) is 10.4. The zero-order chi connectivity index (χ0) is 26.7. The van der Waals surface area contributed by atoms with Gasteiger partial charge in [0.05, 0.1) is 19.1 Å². The molecule has 9 N–H and O–H groups in total. The molecule has 0 aromatic heterocycles. The molecule has 1 rings (SSSR count). The lowest BCUT2D eigenvalue weighted by molar-refractivity contribution is -0.147. The Balaban J connectivity index is 3.06. The van der Waals surface area contributed by atoms with Gasteiger partial charge < -0.3 is 42.1 Å². The molecule has 0 bridgehead atoms. The van der Waals surface area contributed by atoms with E-state index in [9.17, 15) is 39.3 Å². The fourth-order valence-electron chi connectivity index (χ4n) is 3.08. The molecule has 13 heteroatoms. The Morgan fingerprint density at radius 3 is 1.86 bits per heavy atom. The third-order valence-electron chi connectivity index (χ3n) is 4.88. The van der Waals surface area contributed by atoms with Gasteiger partial charge in [-0.15, -0.1) is 0 Å². The van der Waals surface area contributed by atoms with E-state index in [1.54, 1.807) is 0 Å². The summed E-state index contributed by atoms with van der Waals surface area (Å²) in [6.07, 6.45) is -0.738. The molecule has 0 aliphatic rings. The van der Waals surface area contributed by atoms with Crippen LogP contribution in [0.3, 0.4) is 0 Å². The highest BCUT2D eigenvalue weighted by Gasteiger charge is 2.31. The number of phenolic OH excluding ortho intramolecular Hbond substituents is 1. The van der Waals surface area contributed by atoms with Crippen LogP contribution in [-0.2, 0) is 30.4 Å². The predicted octanol–water partition coefficient (Wildman–Crippen LogP) is -1.69. The van der Waals surface area contributed by atoms with Gasteiger partial charge in [-0.3, -0.25) is 19.2 Å². The molecule has 0 fully saturated rings. The van der Waals surface area contributed by atoms with E-state index in [0.717, 1.165) is 0 Å². The number of hydrogen-bond acceptors (Lipinski definition) is 8. The van der Waals surface area contributed by atoms with Crippen LogP contribution in [0.4, 0.5) is 0 Å². The lowest BCUT2D eigenvalue weighted by Gasteiger charge is -2.24. The number of aliphatic carboxylic acids is 2. The molecular formula is C22H32N4O9. The molecule has 0 aliphatic heterocycles. The van der Waals surface area contributed by atoms with Crippen molar-refractivity contribution in [3.8, 4) is 5.75 Å². The van der Waals surface area contributed by atoms with Gasteiger partial charge in [-0.25, -0.2) is 4.79 Å². The maximum Gasteiger partial charge on any atom is 0.326 e. The number of carbonyl (C=O) groups excluding carboxylic acids is 3. The summed E-state index contributed by atoms with van der Waals surface area (Å²) in [6.45, 7) is 2.89. The number of carbonyl (C=O) groups is 5. The Labute approximate surface area is 201 Å². The number of aliphatic hydroxyl groups is 1. The SMILES string of the molecule is CC(C)CC(N)C(=O)NC(CO)C(=O)NC(Cc1ccc(O)cc1)C(=O)NC(CC(=O)O)C(=O)O. The zero-order valence-electron chi connectivity index (χ0n) is 19.4. The van der Waals surface area contributed by atoms with Crippen molar-refractivity contribution < 1.29 is 44.4 Å². The van der Waals surface area contributed by atoms with E-state index in [2.05, 4.69) is 16.0 Å². The second kappa shape index (κ2) is 13.9. The minimum atomic E-state index is -1.76. The minimum Gasteiger partial charge on any atom is -0.508 e. The molecule has 1 aromatic rings. The molecule has 4 unspecified atom stereocenters. The Morgan fingerprint density at radius 2 is 1.37 bits per heavy atom. The predicted molar refractivity (Wildman–Crippen MR) is 122 cm³/mol. The van der Waals surface area contributed by atoms with Crippen molar-refractivity contribution in [1.82, 2.24) is 16.0 Å². The first-order valence-corrected chi connectivity index (χ1v) is 10.8. The summed E-state index contributed by atoms with van der Waals surface area (Å²) in [7, 11) is 0. The van der Waals surface area contributed by atoms with Crippen LogP contribution < -0.4 is 21.7 Å². The number of nitrogens with one attached hydrogen (secondary N) is 3. The summed E-state index contributed by atoms with van der Waals surface area (Å²) in [5.41, 5.74) is 6.26. The molecule has 1 aromatic carbocycles. The molecule has 0 heterocycles. The highest BCUT2D eigenvalue weighted by molar-refractivity contribution is 5.94. The number of rotatable bonds is 14. The molecule has 0 aliphatic carbocycles. The summed E-state index contributed by atoms with van der Waals surface area (Å²) in [5, 5.41) is 43.9. The number of aromatic hydroxyl groups is 1. The number of hydrogen-bond donors (Lipinski definition) is 8. The standard InChI is InChI=1S/C22H32N4O9/c1-11(2)7-14(23)19(31)26-17(10-27)21(33)24-15(8-12-3-5-13(28)6-4-12)20(32)25-16(22(34)35)9-18(29)30/h3-6,11,14-17,27-28H,7-10,23H2,1-2H3,(H,24,33)(H,25,32)(H,26,31)(H,29,30)(H,34,35). The Hall–Kier alpha value is -3.71. The molecule has 0 spiro atoms. The molecule has 4 atom stereocenters. The normalized spacial score (nSPS) is 14.3. The van der Waals surface area contributed by atoms with Gasteiger partial charge in [0.2, 0.25) is 17.7 Å². The van der Waals surface area contributed by atoms with Crippen molar-refractivity contribution >= 4 is 29.7 Å². The van der Waals surface area contributed by atoms with Gasteiger partial charge in [-0.2, -0.15) is 0 Å². The number of phenols is 1. The third-order valence-corrected chi connectivity index (χ3v) is 4.88. The maximum atomic E-state index is 12.8. The van der Waals surface area contributed by atoms with E-state index in [1.165, 1.54) is 24.3 Å². The van der Waals surface area contributed by atoms with Gasteiger partial charge in [0.15, 0.2) is 0 Å². The van der Waals surface area contributed by atoms with Gasteiger partial charge in [0.25, 0.3) is 0 Å². The summed E-state index contributed by atoms with van der Waals surface area (Å²) < 4.78 is 0. The van der Waals surface area contributed by atoms with Gasteiger partial charge in [-0.05, 0) is 30.0 Å². The van der Waals surface area contributed by atoms with Crippen molar-refractivity contribution in [3.63, 3.8) is 0 Å². The first kappa shape index (κ1) is 29.3. The van der Waals surface area contributed by atoms with Crippen LogP contribution in [0.5, 0.6) is 5.75 Å². The average Bonchev–Trinajstić information content (AvgIpc) is 2.76. The van der Waals surface area contributed by atoms with Crippen molar-refractivity contribution in [1.29, 1.82) is 0 Å². The number of carboxylic acids is 2. The van der Waals surface area contributed by atoms with E-state index >= 15 is 0 Å². The van der Waals surface area contributed by atoms with E-state index in [-0.39, 0.29) is 18.1 Å². The van der Waals surface area contributed by atoms with Crippen molar-refractivity contribution in [3.05, 3.63) is 29.8 Å². The Bertz CT molecular complexity index is 905. The summed E-state index contributed by atoms with van der Waals surface area (Å²) in [4.78, 5) is 60.1. The topological polar surface area (TPSA) is 228 Å². The monoisotopic (exact) mass is 496 g/mol. The molecule has 0 saturated carbocycles. The van der Waals surface area contributed by atoms with Crippen LogP contribution in [0.25, 0.3) is 0 Å². The van der Waals surface area contributed by atoms with Crippen molar-refractivity contribution in [2.24, 2.45) is 11.7 Å². The Morgan fingerprint density at radius 1 is 0.857 bits per heavy atom. The van der Waals surface area contributed by atoms with E-state index < -0.39 is 66.9 Å². The van der Waals surface area contributed by atoms with Crippen molar-refractivity contribution in [2.45, 2.75) is 57.3 Å². The van der Waals surface area contributed by atoms with Crippen molar-refractivity contribution in [2.75, 3.05) is 6.61 Å². The Kier molecular flexibility index (Phi) is 11.6. The summed E-state index contributed by atoms with van der Waals surface area (Å²) in [5.74, 6) is -5.62. The number of aliphatic hydroxyl groups excluding tert-OH is 1. The van der Waals surface area contributed by atoms with E-state index in [0.29, 0.717) is 12.0 Å². The molecule has 35 heavy (non-hydrogen) atoms. The van der Waals surface area contributed by atoms with Crippen LogP contribution in [0, 0.1) is 5.92 Å². The lowest BCUT2D eigenvalue weighted by atomic mass is 10.0. The second-order valence-corrected chi connectivity index (χ2v) is 8.41. The summed E-state index contributed by atoms with van der Waals surface area (Å²) >= 11 is 0. The fraction of sp³-hybridized carbons (Fsp3) is 0.500. The van der Waals surface area contributed by atoms with Gasteiger partial charge >= 0.3 is 11.9 Å². The highest BCUT2D eigenvalue weighted by atomic mass is 16.4. The van der Waals surface area contributed by atoms with Crippen LogP contribution >= 0.6 is 0 Å². The molecule has 3 amide bonds. The molecule has 194 valence electrons. The summed E-state index contributed by atoms with van der Waals surface area (Å²) in [6, 6.07) is 0.0471. The van der Waals surface area contributed by atoms with E-state index in [1.807, 2.05) is 13.8 Å². The van der Waals surface area contributed by atoms with Gasteiger partial charge in [0, 0.05) is 6.42 Å². The first-order chi connectivity index (χ1) is 16.3. The fourth-order valence-corrected chi connectivity index (χ4v) is 3.08. The van der Waals surface area contributed by atoms with Crippen LogP contribution in [-0.4, -0.2) is 80.9 Å². The highest BCUT2D eigenvalue weighted by Crippen LogP contribution is 2.12. The number of carboxylic acid groups (broad SMARTS) is 2. The van der Waals surface area contributed by atoms with Crippen LogP contribution in [0.2, 0.25) is 0 Å². The number of benzene rings is 1.